The van der Waals surface area contributed by atoms with Gasteiger partial charge in [0, 0.05) is 23.7 Å². The van der Waals surface area contributed by atoms with Crippen LogP contribution in [0.25, 0.3) is 11.4 Å². The van der Waals surface area contributed by atoms with Crippen molar-refractivity contribution in [2.45, 2.75) is 32.4 Å². The smallest absolute Gasteiger partial charge is 0.248 e. The van der Waals surface area contributed by atoms with E-state index in [4.69, 9.17) is 20.5 Å². The van der Waals surface area contributed by atoms with Gasteiger partial charge in [0.05, 0.1) is 12.3 Å². The van der Waals surface area contributed by atoms with Crippen LogP contribution in [0, 0.1) is 0 Å². The number of furan rings is 1. The zero-order chi connectivity index (χ0) is 21.5. The fourth-order valence-electron chi connectivity index (χ4n) is 3.69. The Morgan fingerprint density at radius 3 is 2.78 bits per heavy atom. The number of aliphatic imine (C=N–C) groups is 1. The number of halogens is 2. The molecule has 3 aromatic rings. The topological polar surface area (TPSA) is 91.7 Å². The fourth-order valence-corrected chi connectivity index (χ4v) is 3.88. The second-order valence-corrected chi connectivity index (χ2v) is 7.81. The number of likely N-dealkylation sites (tertiary alicyclic amines) is 1. The predicted octanol–water partition coefficient (Wildman–Crippen LogP) is 4.49. The van der Waals surface area contributed by atoms with E-state index in [1.54, 1.807) is 12.3 Å². The maximum atomic E-state index is 6.05. The zero-order valence-electron chi connectivity index (χ0n) is 18.0. The number of nitrogens with zero attached hydrogens (tertiary/aromatic N) is 4. The quantitative estimate of drug-likeness (QED) is 0.234. The van der Waals surface area contributed by atoms with Crippen molar-refractivity contribution in [3.05, 3.63) is 59.3 Å². The number of rotatable bonds is 8. The van der Waals surface area contributed by atoms with Gasteiger partial charge in [0.15, 0.2) is 5.96 Å². The minimum Gasteiger partial charge on any atom is -0.468 e. The van der Waals surface area contributed by atoms with Gasteiger partial charge in [-0.05, 0) is 57.1 Å². The summed E-state index contributed by atoms with van der Waals surface area (Å²) in [6.45, 7) is 5.91. The van der Waals surface area contributed by atoms with E-state index in [1.807, 2.05) is 37.3 Å². The van der Waals surface area contributed by atoms with Crippen LogP contribution in [0.1, 0.15) is 37.5 Å². The third-order valence-corrected chi connectivity index (χ3v) is 5.42. The first-order valence-electron chi connectivity index (χ1n) is 10.6. The van der Waals surface area contributed by atoms with Crippen LogP contribution >= 0.6 is 35.6 Å². The van der Waals surface area contributed by atoms with Crippen LogP contribution in [0.15, 0.2) is 56.6 Å². The summed E-state index contributed by atoms with van der Waals surface area (Å²) >= 11 is 6.05. The molecule has 2 aromatic heterocycles. The van der Waals surface area contributed by atoms with Gasteiger partial charge in [-0.2, -0.15) is 4.98 Å². The number of nitrogens with one attached hydrogen (secondary N) is 2. The molecule has 0 radical (unpaired) electrons. The highest BCUT2D eigenvalue weighted by molar-refractivity contribution is 14.0. The minimum atomic E-state index is 0. The molecule has 3 heterocycles. The monoisotopic (exact) mass is 570 g/mol. The highest BCUT2D eigenvalue weighted by atomic mass is 127. The van der Waals surface area contributed by atoms with Crippen molar-refractivity contribution >= 4 is 41.5 Å². The number of benzene rings is 1. The van der Waals surface area contributed by atoms with Crippen LogP contribution in [0.2, 0.25) is 5.02 Å². The highest BCUT2D eigenvalue weighted by Gasteiger charge is 2.25. The summed E-state index contributed by atoms with van der Waals surface area (Å²) in [5.41, 5.74) is 0.809. The summed E-state index contributed by atoms with van der Waals surface area (Å²) in [5, 5.41) is 11.4. The van der Waals surface area contributed by atoms with E-state index in [-0.39, 0.29) is 36.6 Å². The molecule has 8 nitrogen and oxygen atoms in total. The second kappa shape index (κ2) is 12.2. The Kier molecular flexibility index (Phi) is 9.36. The molecular formula is C22H28ClIN6O2. The SMILES string of the molecule is CCNC(=NCc1nc(-c2cccc(Cl)c2)no1)NCC(c1ccco1)N1CCCC1.I. The lowest BCUT2D eigenvalue weighted by atomic mass is 10.2. The molecule has 1 fully saturated rings. The van der Waals surface area contributed by atoms with Crippen LogP contribution in [-0.2, 0) is 6.54 Å². The molecular weight excluding hydrogens is 543 g/mol. The summed E-state index contributed by atoms with van der Waals surface area (Å²) in [6.07, 6.45) is 4.17. The highest BCUT2D eigenvalue weighted by Crippen LogP contribution is 2.25. The lowest BCUT2D eigenvalue weighted by Gasteiger charge is -2.26. The van der Waals surface area contributed by atoms with Crippen LogP contribution in [0.3, 0.4) is 0 Å². The van der Waals surface area contributed by atoms with Crippen molar-refractivity contribution in [2.75, 3.05) is 26.2 Å². The Morgan fingerprint density at radius 2 is 2.06 bits per heavy atom. The van der Waals surface area contributed by atoms with Gasteiger partial charge >= 0.3 is 0 Å². The maximum Gasteiger partial charge on any atom is 0.248 e. The molecule has 1 aliphatic heterocycles. The second-order valence-electron chi connectivity index (χ2n) is 7.37. The normalized spacial score (nSPS) is 15.4. The van der Waals surface area contributed by atoms with Gasteiger partial charge in [-0.15, -0.1) is 24.0 Å². The molecule has 172 valence electrons. The molecule has 1 saturated heterocycles. The lowest BCUT2D eigenvalue weighted by molar-refractivity contribution is 0.215. The molecule has 2 N–H and O–H groups in total. The number of hydrogen-bond acceptors (Lipinski definition) is 6. The third-order valence-electron chi connectivity index (χ3n) is 5.18. The van der Waals surface area contributed by atoms with Crippen LogP contribution in [-0.4, -0.2) is 47.2 Å². The van der Waals surface area contributed by atoms with Crippen molar-refractivity contribution in [1.82, 2.24) is 25.7 Å². The van der Waals surface area contributed by atoms with E-state index in [9.17, 15) is 0 Å². The van der Waals surface area contributed by atoms with E-state index >= 15 is 0 Å². The van der Waals surface area contributed by atoms with Gasteiger partial charge < -0.3 is 19.6 Å². The molecule has 32 heavy (non-hydrogen) atoms. The van der Waals surface area contributed by atoms with Gasteiger partial charge in [-0.3, -0.25) is 4.90 Å². The molecule has 1 aliphatic rings. The Bertz CT molecular complexity index is 988. The van der Waals surface area contributed by atoms with Gasteiger partial charge in [-0.1, -0.05) is 28.9 Å². The summed E-state index contributed by atoms with van der Waals surface area (Å²) in [4.78, 5) is 11.5. The first-order valence-corrected chi connectivity index (χ1v) is 11.0. The molecule has 1 unspecified atom stereocenters. The van der Waals surface area contributed by atoms with Crippen molar-refractivity contribution in [3.63, 3.8) is 0 Å². The Hall–Kier alpha value is -2.11. The van der Waals surface area contributed by atoms with Crippen molar-refractivity contribution < 1.29 is 8.94 Å². The summed E-state index contributed by atoms with van der Waals surface area (Å²) in [7, 11) is 0. The molecule has 1 atom stereocenters. The molecule has 10 heteroatoms. The average Bonchev–Trinajstić information content (AvgIpc) is 3.55. The van der Waals surface area contributed by atoms with E-state index in [0.717, 1.165) is 31.0 Å². The van der Waals surface area contributed by atoms with Gasteiger partial charge in [0.1, 0.15) is 12.3 Å². The zero-order valence-corrected chi connectivity index (χ0v) is 21.0. The number of aromatic nitrogens is 2. The molecule has 1 aromatic carbocycles. The molecule has 0 amide bonds. The van der Waals surface area contributed by atoms with E-state index < -0.39 is 0 Å². The predicted molar refractivity (Wildman–Crippen MR) is 135 cm³/mol. The van der Waals surface area contributed by atoms with Crippen LogP contribution < -0.4 is 10.6 Å². The minimum absolute atomic E-state index is 0. The maximum absolute atomic E-state index is 6.05. The summed E-state index contributed by atoms with van der Waals surface area (Å²) < 4.78 is 11.1. The first kappa shape index (κ1) is 24.5. The molecule has 4 rings (SSSR count). The van der Waals surface area contributed by atoms with Crippen molar-refractivity contribution in [3.8, 4) is 11.4 Å². The third kappa shape index (κ3) is 6.46. The van der Waals surface area contributed by atoms with Crippen molar-refractivity contribution in [2.24, 2.45) is 4.99 Å². The summed E-state index contributed by atoms with van der Waals surface area (Å²) in [5.74, 6) is 2.60. The molecule has 0 spiro atoms. The standard InChI is InChI=1S/C22H27ClN6O2.HI/c1-2-24-22(25-14-18(19-9-6-12-30-19)29-10-3-4-11-29)26-15-20-27-21(28-31-20)16-7-5-8-17(23)13-16;/h5-9,12-13,18H,2-4,10-11,14-15H2,1H3,(H2,24,25,26);1H. The first-order chi connectivity index (χ1) is 15.2. The Balaban J connectivity index is 0.00000289. The molecule has 0 saturated carbocycles. The fraction of sp³-hybridized carbons (Fsp3) is 0.409. The van der Waals surface area contributed by atoms with E-state index in [2.05, 4.69) is 30.7 Å². The molecule has 0 aliphatic carbocycles. The Labute approximate surface area is 209 Å². The van der Waals surface area contributed by atoms with Crippen LogP contribution in [0.4, 0.5) is 0 Å². The number of hydrogen-bond donors (Lipinski definition) is 2. The molecule has 0 bridgehead atoms. The average molecular weight is 571 g/mol. The Morgan fingerprint density at radius 1 is 1.22 bits per heavy atom. The largest absolute Gasteiger partial charge is 0.468 e. The van der Waals surface area contributed by atoms with E-state index in [0.29, 0.717) is 29.2 Å². The van der Waals surface area contributed by atoms with Crippen LogP contribution in [0.5, 0.6) is 0 Å². The van der Waals surface area contributed by atoms with Gasteiger partial charge in [0.25, 0.3) is 0 Å². The van der Waals surface area contributed by atoms with Gasteiger partial charge in [0.2, 0.25) is 11.7 Å². The lowest BCUT2D eigenvalue weighted by Crippen LogP contribution is -2.42. The van der Waals surface area contributed by atoms with Crippen molar-refractivity contribution in [1.29, 1.82) is 0 Å². The number of guanidine groups is 1. The van der Waals surface area contributed by atoms with E-state index in [1.165, 1.54) is 12.8 Å². The summed E-state index contributed by atoms with van der Waals surface area (Å²) in [6, 6.07) is 11.5. The van der Waals surface area contributed by atoms with Gasteiger partial charge in [-0.25, -0.2) is 4.99 Å².